The van der Waals surface area contributed by atoms with Crippen LogP contribution in [0.25, 0.3) is 10.9 Å². The van der Waals surface area contributed by atoms with Crippen LogP contribution in [-0.2, 0) is 9.53 Å². The molecule has 1 saturated heterocycles. The number of hydrogen-bond donors (Lipinski definition) is 5. The number of carbonyl (C=O) groups excluding carboxylic acids is 2. The van der Waals surface area contributed by atoms with E-state index in [0.717, 1.165) is 38.2 Å². The molecule has 30 heavy (non-hydrogen) atoms. The van der Waals surface area contributed by atoms with Crippen LogP contribution in [0.1, 0.15) is 24.3 Å². The Bertz CT molecular complexity index is 874. The molecule has 3 rings (SSSR count). The monoisotopic (exact) mass is 420 g/mol. The summed E-state index contributed by atoms with van der Waals surface area (Å²) in [6, 6.07) is 5.46. The van der Waals surface area contributed by atoms with Gasteiger partial charge in [-0.2, -0.15) is 0 Å². The predicted molar refractivity (Wildman–Crippen MR) is 112 cm³/mol. The molecular weight excluding hydrogens is 388 g/mol. The Morgan fingerprint density at radius 3 is 2.53 bits per heavy atom. The van der Waals surface area contributed by atoms with Crippen LogP contribution in [0.2, 0.25) is 0 Å². The molecule has 9 nitrogen and oxygen atoms in total. The first kappa shape index (κ1) is 22.1. The lowest BCUT2D eigenvalue weighted by atomic mass is 10.2. The van der Waals surface area contributed by atoms with E-state index in [0.29, 0.717) is 30.0 Å². The minimum Gasteiger partial charge on any atom is -0.494 e. The molecular formula is C21H32N4O5+2. The van der Waals surface area contributed by atoms with Gasteiger partial charge >= 0.3 is 5.97 Å². The number of aliphatic hydroxyl groups is 1. The molecule has 1 fully saturated rings. The molecule has 9 heteroatoms. The topological polar surface area (TPSA) is 110 Å². The van der Waals surface area contributed by atoms with Crippen molar-refractivity contribution >= 4 is 28.5 Å². The summed E-state index contributed by atoms with van der Waals surface area (Å²) in [5.74, 6) is 0.0166. The maximum atomic E-state index is 12.8. The van der Waals surface area contributed by atoms with Crippen LogP contribution in [0, 0.1) is 0 Å². The van der Waals surface area contributed by atoms with E-state index in [2.05, 4.69) is 10.3 Å². The van der Waals surface area contributed by atoms with E-state index in [1.807, 2.05) is 25.1 Å². The van der Waals surface area contributed by atoms with Gasteiger partial charge in [0, 0.05) is 10.9 Å². The van der Waals surface area contributed by atoms with Crippen LogP contribution in [-0.4, -0.2) is 81.1 Å². The third kappa shape index (κ3) is 5.29. The zero-order valence-corrected chi connectivity index (χ0v) is 17.7. The quantitative estimate of drug-likeness (QED) is 0.316. The molecule has 5 N–H and O–H groups in total. The molecule has 2 aromatic rings. The molecule has 0 saturated carbocycles. The third-order valence-corrected chi connectivity index (χ3v) is 5.37. The summed E-state index contributed by atoms with van der Waals surface area (Å²) in [7, 11) is 0. The van der Waals surface area contributed by atoms with Gasteiger partial charge in [0.15, 0.2) is 6.54 Å². The van der Waals surface area contributed by atoms with Crippen molar-refractivity contribution < 1.29 is 34.0 Å². The van der Waals surface area contributed by atoms with E-state index < -0.39 is 5.97 Å². The van der Waals surface area contributed by atoms with Crippen molar-refractivity contribution in [3.63, 3.8) is 0 Å². The number of fused-ring (bicyclic) bond motifs is 1. The second-order valence-corrected chi connectivity index (χ2v) is 7.43. The van der Waals surface area contributed by atoms with Gasteiger partial charge in [0.1, 0.15) is 44.2 Å². The first-order valence-electron chi connectivity index (χ1n) is 10.6. The largest absolute Gasteiger partial charge is 0.494 e. The van der Waals surface area contributed by atoms with Gasteiger partial charge < -0.3 is 34.7 Å². The second kappa shape index (κ2) is 10.4. The number of anilines is 1. The average Bonchev–Trinajstić information content (AvgIpc) is 3.08. The number of esters is 1. The Kier molecular flexibility index (Phi) is 7.67. The molecule has 1 aliphatic rings. The lowest BCUT2D eigenvalue weighted by molar-refractivity contribution is -1.01. The number of hydrogen-bond acceptors (Lipinski definition) is 5. The van der Waals surface area contributed by atoms with E-state index in [4.69, 9.17) is 14.6 Å². The number of aromatic nitrogens is 1. The summed E-state index contributed by atoms with van der Waals surface area (Å²) in [6.45, 7) is 9.28. The van der Waals surface area contributed by atoms with Crippen molar-refractivity contribution in [2.24, 2.45) is 0 Å². The van der Waals surface area contributed by atoms with Gasteiger partial charge in [0.25, 0.3) is 5.91 Å². The van der Waals surface area contributed by atoms with E-state index >= 15 is 0 Å². The maximum Gasteiger partial charge on any atom is 0.356 e. The van der Waals surface area contributed by atoms with Crippen molar-refractivity contribution in [3.05, 3.63) is 23.9 Å². The molecule has 0 bridgehead atoms. The Balaban J connectivity index is 1.77. The fraction of sp³-hybridized carbons (Fsp3) is 0.524. The van der Waals surface area contributed by atoms with Crippen LogP contribution in [0.15, 0.2) is 18.2 Å². The Morgan fingerprint density at radius 2 is 1.87 bits per heavy atom. The molecule has 0 spiro atoms. The number of benzene rings is 1. The van der Waals surface area contributed by atoms with Crippen molar-refractivity contribution in [3.8, 4) is 5.75 Å². The van der Waals surface area contributed by atoms with Crippen molar-refractivity contribution in [2.45, 2.75) is 13.8 Å². The van der Waals surface area contributed by atoms with Gasteiger partial charge in [-0.15, -0.1) is 0 Å². The lowest BCUT2D eigenvalue weighted by Gasteiger charge is -2.28. The first-order chi connectivity index (χ1) is 14.5. The van der Waals surface area contributed by atoms with Crippen LogP contribution < -0.4 is 19.9 Å². The molecule has 0 aliphatic carbocycles. The summed E-state index contributed by atoms with van der Waals surface area (Å²) in [4.78, 5) is 30.9. The standard InChI is InChI=1S/C21H30N4O5/c1-3-29-15-5-6-17-16(13-15)19(20(22-17)21(28)30-4-2)23-18(27)14-25-9-7-24(8-10-25)11-12-26/h5-6,13,22,26H,3-4,7-12,14H2,1-2H3,(H,23,27)/p+2. The minimum atomic E-state index is -0.504. The van der Waals surface area contributed by atoms with Crippen LogP contribution in [0.5, 0.6) is 5.75 Å². The van der Waals surface area contributed by atoms with Gasteiger partial charge in [-0.25, -0.2) is 4.79 Å². The number of carbonyl (C=O) groups is 2. The number of nitrogens with one attached hydrogen (secondary N) is 4. The zero-order valence-electron chi connectivity index (χ0n) is 17.7. The highest BCUT2D eigenvalue weighted by Crippen LogP contribution is 2.31. The Labute approximate surface area is 175 Å². The third-order valence-electron chi connectivity index (χ3n) is 5.37. The van der Waals surface area contributed by atoms with Gasteiger partial charge in [0.05, 0.1) is 25.5 Å². The summed E-state index contributed by atoms with van der Waals surface area (Å²) in [5.41, 5.74) is 1.39. The molecule has 0 radical (unpaired) electrons. The minimum absolute atomic E-state index is 0.149. The fourth-order valence-electron chi connectivity index (χ4n) is 3.87. The van der Waals surface area contributed by atoms with Crippen LogP contribution >= 0.6 is 0 Å². The van der Waals surface area contributed by atoms with Gasteiger partial charge in [-0.05, 0) is 32.0 Å². The summed E-state index contributed by atoms with van der Waals surface area (Å²) >= 11 is 0. The number of piperazine rings is 1. The molecule has 0 unspecified atom stereocenters. The van der Waals surface area contributed by atoms with Gasteiger partial charge in [-0.1, -0.05) is 0 Å². The summed E-state index contributed by atoms with van der Waals surface area (Å²) in [5, 5.41) is 12.7. The SMILES string of the molecule is CCOC(=O)c1[nH]c2ccc(OCC)cc2c1NC(=O)C[NH+]1CC[NH+](CCO)CC1. The normalized spacial score (nSPS) is 18.9. The van der Waals surface area contributed by atoms with E-state index in [9.17, 15) is 9.59 Å². The molecule has 2 heterocycles. The van der Waals surface area contributed by atoms with E-state index in [1.165, 1.54) is 9.80 Å². The molecule has 164 valence electrons. The predicted octanol–water partition coefficient (Wildman–Crippen LogP) is -1.54. The summed E-state index contributed by atoms with van der Waals surface area (Å²) in [6.07, 6.45) is 0. The first-order valence-corrected chi connectivity index (χ1v) is 10.6. The van der Waals surface area contributed by atoms with Crippen LogP contribution in [0.4, 0.5) is 5.69 Å². The number of aliphatic hydroxyl groups excluding tert-OH is 1. The second-order valence-electron chi connectivity index (χ2n) is 7.43. The number of ether oxygens (including phenoxy) is 2. The van der Waals surface area contributed by atoms with Crippen molar-refractivity contribution in [1.82, 2.24) is 4.98 Å². The number of aromatic amines is 1. The number of H-pyrrole nitrogens is 1. The highest BCUT2D eigenvalue weighted by atomic mass is 16.5. The molecule has 1 aliphatic heterocycles. The molecule has 0 atom stereocenters. The Hall–Kier alpha value is -2.62. The smallest absolute Gasteiger partial charge is 0.356 e. The van der Waals surface area contributed by atoms with Gasteiger partial charge in [-0.3, -0.25) is 4.79 Å². The molecule has 1 aromatic heterocycles. The number of amides is 1. The zero-order chi connectivity index (χ0) is 21.5. The highest BCUT2D eigenvalue weighted by Gasteiger charge is 2.26. The summed E-state index contributed by atoms with van der Waals surface area (Å²) < 4.78 is 10.7. The Morgan fingerprint density at radius 1 is 1.13 bits per heavy atom. The lowest BCUT2D eigenvalue weighted by Crippen LogP contribution is -3.28. The number of rotatable bonds is 9. The van der Waals surface area contributed by atoms with Gasteiger partial charge in [0.2, 0.25) is 0 Å². The van der Waals surface area contributed by atoms with Crippen molar-refractivity contribution in [2.75, 3.05) is 64.4 Å². The highest BCUT2D eigenvalue weighted by molar-refractivity contribution is 6.11. The molecule has 1 amide bonds. The van der Waals surface area contributed by atoms with E-state index in [1.54, 1.807) is 6.92 Å². The molecule has 1 aromatic carbocycles. The van der Waals surface area contributed by atoms with Crippen molar-refractivity contribution in [1.29, 1.82) is 0 Å². The van der Waals surface area contributed by atoms with Crippen LogP contribution in [0.3, 0.4) is 0 Å². The van der Waals surface area contributed by atoms with E-state index in [-0.39, 0.29) is 24.8 Å². The average molecular weight is 421 g/mol. The number of quaternary nitrogens is 2. The maximum absolute atomic E-state index is 12.8. The fourth-order valence-corrected chi connectivity index (χ4v) is 3.87.